The van der Waals surface area contributed by atoms with Gasteiger partial charge in [0.05, 0.1) is 33.1 Å². The number of hydrogen-bond donors (Lipinski definition) is 0. The third-order valence-corrected chi connectivity index (χ3v) is 8.62. The fourth-order valence-corrected chi connectivity index (χ4v) is 6.26. The molecule has 9 heteroatoms. The third-order valence-electron chi connectivity index (χ3n) is 8.62. The molecule has 0 aliphatic rings. The van der Waals surface area contributed by atoms with Crippen molar-refractivity contribution in [3.63, 3.8) is 0 Å². The van der Waals surface area contributed by atoms with Crippen LogP contribution in [0.15, 0.2) is 128 Å². The summed E-state index contributed by atoms with van der Waals surface area (Å²) in [4.78, 5) is 43.9. The molecule has 9 nitrogen and oxygen atoms in total. The minimum atomic E-state index is 0.403. The molecule has 0 amide bonds. The minimum absolute atomic E-state index is 0.403. The van der Waals surface area contributed by atoms with Gasteiger partial charge in [0.15, 0.2) is 17.5 Å². The van der Waals surface area contributed by atoms with Crippen LogP contribution >= 0.6 is 0 Å². The van der Waals surface area contributed by atoms with Crippen molar-refractivity contribution in [1.29, 1.82) is 0 Å². The van der Waals surface area contributed by atoms with Gasteiger partial charge in [0.2, 0.25) is 0 Å². The van der Waals surface area contributed by atoms with E-state index in [0.29, 0.717) is 34.6 Å². The fraction of sp³-hybridized carbons (Fsp3) is 0. The summed E-state index contributed by atoms with van der Waals surface area (Å²) >= 11 is 0. The lowest BCUT2D eigenvalue weighted by Gasteiger charge is -2.10. The lowest BCUT2D eigenvalue weighted by molar-refractivity contribution is 1.04. The van der Waals surface area contributed by atoms with Gasteiger partial charge in [0.1, 0.15) is 17.1 Å². The highest BCUT2D eigenvalue weighted by molar-refractivity contribution is 6.05. The Bertz CT molecular complexity index is 2600. The highest BCUT2D eigenvalue weighted by atomic mass is 15.1. The van der Waals surface area contributed by atoms with Crippen LogP contribution in [0.1, 0.15) is 0 Å². The number of benzene rings is 3. The molecule has 10 aromatic rings. The van der Waals surface area contributed by atoms with Crippen molar-refractivity contribution < 1.29 is 0 Å². The first-order valence-corrected chi connectivity index (χ1v) is 15.5. The maximum absolute atomic E-state index is 5.05. The summed E-state index contributed by atoms with van der Waals surface area (Å²) in [6, 6.07) is 36.0. The molecule has 48 heavy (non-hydrogen) atoms. The van der Waals surface area contributed by atoms with E-state index in [9.17, 15) is 0 Å². The Balaban J connectivity index is 1.22. The molecule has 7 aromatic heterocycles. The average molecular weight is 616 g/mol. The molecular formula is C39H21N9. The number of nitrogens with zero attached hydrogens (tertiary/aromatic N) is 9. The topological polar surface area (TPSA) is 116 Å². The number of pyridine rings is 6. The van der Waals surface area contributed by atoms with E-state index in [4.69, 9.17) is 29.9 Å². The van der Waals surface area contributed by atoms with Gasteiger partial charge >= 0.3 is 0 Å². The van der Waals surface area contributed by atoms with Crippen molar-refractivity contribution in [1.82, 2.24) is 44.9 Å². The molecule has 10 rings (SSSR count). The van der Waals surface area contributed by atoms with Gasteiger partial charge in [-0.15, -0.1) is 0 Å². The number of fused-ring (bicyclic) bond motifs is 9. The number of aromatic nitrogens is 9. The van der Waals surface area contributed by atoms with E-state index in [1.165, 1.54) is 0 Å². The molecule has 0 aliphatic heterocycles. The Kier molecular flexibility index (Phi) is 5.67. The Morgan fingerprint density at radius 2 is 0.521 bits per heavy atom. The van der Waals surface area contributed by atoms with Gasteiger partial charge in [-0.3, -0.25) is 15.0 Å². The van der Waals surface area contributed by atoms with Crippen LogP contribution < -0.4 is 0 Å². The van der Waals surface area contributed by atoms with Crippen molar-refractivity contribution >= 4 is 65.4 Å². The van der Waals surface area contributed by atoms with Crippen molar-refractivity contribution in [3.8, 4) is 34.6 Å². The first-order valence-electron chi connectivity index (χ1n) is 15.5. The van der Waals surface area contributed by atoms with Crippen LogP contribution in [-0.4, -0.2) is 44.9 Å². The zero-order chi connectivity index (χ0) is 31.6. The first kappa shape index (κ1) is 26.4. The van der Waals surface area contributed by atoms with E-state index in [2.05, 4.69) is 51.4 Å². The predicted octanol–water partition coefficient (Wildman–Crippen LogP) is 8.16. The minimum Gasteiger partial charge on any atom is -0.254 e. The van der Waals surface area contributed by atoms with Gasteiger partial charge in [0.25, 0.3) is 0 Å². The molecule has 222 valence electrons. The van der Waals surface area contributed by atoms with Gasteiger partial charge in [-0.1, -0.05) is 72.8 Å². The number of rotatable bonds is 3. The van der Waals surface area contributed by atoms with Gasteiger partial charge in [-0.25, -0.2) is 29.9 Å². The third kappa shape index (κ3) is 4.22. The molecule has 0 N–H and O–H groups in total. The van der Waals surface area contributed by atoms with Gasteiger partial charge < -0.3 is 0 Å². The maximum Gasteiger partial charge on any atom is 0.182 e. The van der Waals surface area contributed by atoms with E-state index in [0.717, 1.165) is 65.4 Å². The summed E-state index contributed by atoms with van der Waals surface area (Å²) in [5, 5.41) is 5.96. The molecule has 0 radical (unpaired) electrons. The second-order valence-corrected chi connectivity index (χ2v) is 11.5. The fourth-order valence-electron chi connectivity index (χ4n) is 6.26. The monoisotopic (exact) mass is 615 g/mol. The van der Waals surface area contributed by atoms with Crippen molar-refractivity contribution in [2.45, 2.75) is 0 Å². The van der Waals surface area contributed by atoms with E-state index in [1.54, 1.807) is 18.6 Å². The molecule has 0 unspecified atom stereocenters. The molecule has 7 heterocycles. The van der Waals surface area contributed by atoms with E-state index >= 15 is 0 Å². The van der Waals surface area contributed by atoms with Crippen LogP contribution in [0.25, 0.3) is 100.0 Å². The van der Waals surface area contributed by atoms with E-state index < -0.39 is 0 Å². The molecule has 0 fully saturated rings. The highest BCUT2D eigenvalue weighted by Crippen LogP contribution is 2.30. The molecular weight excluding hydrogens is 594 g/mol. The Morgan fingerprint density at radius 3 is 0.833 bits per heavy atom. The SMILES string of the molecule is c1cnc2c(c1)ccc1ccc(-c3nc(-c4ccc5ccc6cccnc6c5n4)nc(-c4ccc5ccc6cccnc6c5n4)n3)nc12. The average Bonchev–Trinajstić information content (AvgIpc) is 3.17. The summed E-state index contributed by atoms with van der Waals surface area (Å²) < 4.78 is 0. The molecule has 0 spiro atoms. The normalized spacial score (nSPS) is 11.8. The van der Waals surface area contributed by atoms with Gasteiger partial charge in [0, 0.05) is 50.9 Å². The van der Waals surface area contributed by atoms with Crippen molar-refractivity contribution in [2.24, 2.45) is 0 Å². The van der Waals surface area contributed by atoms with Crippen molar-refractivity contribution in [3.05, 3.63) is 128 Å². The van der Waals surface area contributed by atoms with Crippen molar-refractivity contribution in [2.75, 3.05) is 0 Å². The zero-order valence-electron chi connectivity index (χ0n) is 25.1. The summed E-state index contributed by atoms with van der Waals surface area (Å²) in [5.41, 5.74) is 6.54. The second-order valence-electron chi connectivity index (χ2n) is 11.5. The Morgan fingerprint density at radius 1 is 0.250 bits per heavy atom. The molecule has 3 aromatic carbocycles. The Labute approximate surface area is 272 Å². The lowest BCUT2D eigenvalue weighted by Crippen LogP contribution is -2.03. The van der Waals surface area contributed by atoms with Crippen LogP contribution in [0.3, 0.4) is 0 Å². The maximum atomic E-state index is 5.05. The molecule has 0 bridgehead atoms. The number of hydrogen-bond acceptors (Lipinski definition) is 9. The summed E-state index contributed by atoms with van der Waals surface area (Å²) in [6.07, 6.45) is 5.34. The van der Waals surface area contributed by atoms with Crippen LogP contribution in [0.2, 0.25) is 0 Å². The second kappa shape index (κ2) is 10.3. The summed E-state index contributed by atoms with van der Waals surface area (Å²) in [5.74, 6) is 1.21. The predicted molar refractivity (Wildman–Crippen MR) is 188 cm³/mol. The first-order chi connectivity index (χ1) is 23.7. The summed E-state index contributed by atoms with van der Waals surface area (Å²) in [6.45, 7) is 0. The Hall–Kier alpha value is -6.87. The largest absolute Gasteiger partial charge is 0.254 e. The highest BCUT2D eigenvalue weighted by Gasteiger charge is 2.17. The van der Waals surface area contributed by atoms with E-state index in [1.807, 2.05) is 72.8 Å². The van der Waals surface area contributed by atoms with Gasteiger partial charge in [-0.2, -0.15) is 0 Å². The van der Waals surface area contributed by atoms with Gasteiger partial charge in [-0.05, 0) is 36.4 Å². The standard InChI is InChI=1S/C39H21N9/c1-4-22-7-10-25-13-16-28(43-34(25)31(22)40-19-1)37-46-38(29-17-14-26-11-8-23-5-2-20-41-32(23)35(26)44-29)48-39(47-37)30-18-15-27-12-9-24-6-3-21-42-33(24)36(27)45-30/h1-21H. The smallest absolute Gasteiger partial charge is 0.182 e. The molecule has 0 saturated heterocycles. The van der Waals surface area contributed by atoms with Crippen LogP contribution in [-0.2, 0) is 0 Å². The zero-order valence-corrected chi connectivity index (χ0v) is 25.1. The van der Waals surface area contributed by atoms with Crippen LogP contribution in [0, 0.1) is 0 Å². The molecule has 0 atom stereocenters. The van der Waals surface area contributed by atoms with Crippen LogP contribution in [0.4, 0.5) is 0 Å². The molecule has 0 saturated carbocycles. The molecule has 0 aliphatic carbocycles. The van der Waals surface area contributed by atoms with Crippen LogP contribution in [0.5, 0.6) is 0 Å². The lowest BCUT2D eigenvalue weighted by atomic mass is 10.1. The van der Waals surface area contributed by atoms with E-state index in [-0.39, 0.29) is 0 Å². The summed E-state index contributed by atoms with van der Waals surface area (Å²) in [7, 11) is 0. The quantitative estimate of drug-likeness (QED) is 0.181.